The van der Waals surface area contributed by atoms with Gasteiger partial charge in [0.25, 0.3) is 0 Å². The van der Waals surface area contributed by atoms with E-state index < -0.39 is 0 Å². The molecule has 3 rings (SSSR count). The zero-order chi connectivity index (χ0) is 11.8. The van der Waals surface area contributed by atoms with E-state index in [2.05, 4.69) is 35.4 Å². The van der Waals surface area contributed by atoms with Crippen molar-refractivity contribution in [3.63, 3.8) is 0 Å². The second kappa shape index (κ2) is 4.06. The number of anilines is 1. The van der Waals surface area contributed by atoms with Crippen LogP contribution in [0.15, 0.2) is 23.2 Å². The number of hydrogen-bond donors (Lipinski definition) is 2. The van der Waals surface area contributed by atoms with Crippen LogP contribution in [0.5, 0.6) is 0 Å². The Morgan fingerprint density at radius 2 is 2.12 bits per heavy atom. The minimum Gasteiger partial charge on any atom is -0.370 e. The van der Waals surface area contributed by atoms with Crippen LogP contribution in [0.1, 0.15) is 30.9 Å². The molecule has 2 aliphatic carbocycles. The predicted octanol–water partition coefficient (Wildman–Crippen LogP) is 2.31. The Morgan fingerprint density at radius 3 is 2.88 bits per heavy atom. The standard InChI is InChI=1S/C14H19N3/c1-9-7-13(9)17-14(15)16-12-6-5-10-3-2-4-11(10)8-12/h5-6,8-9,13H,2-4,7H2,1H3,(H3,15,16,17). The second-order valence-electron chi connectivity index (χ2n) is 5.26. The number of nitrogens with zero attached hydrogens (tertiary/aromatic N) is 1. The van der Waals surface area contributed by atoms with Gasteiger partial charge in [-0.05, 0) is 54.9 Å². The Labute approximate surface area is 102 Å². The number of aliphatic imine (C=N–C) groups is 1. The summed E-state index contributed by atoms with van der Waals surface area (Å²) in [6.07, 6.45) is 4.87. The molecular weight excluding hydrogens is 210 g/mol. The molecule has 90 valence electrons. The molecule has 1 aromatic carbocycles. The van der Waals surface area contributed by atoms with Crippen molar-refractivity contribution >= 4 is 11.6 Å². The number of fused-ring (bicyclic) bond motifs is 1. The van der Waals surface area contributed by atoms with E-state index in [4.69, 9.17) is 5.73 Å². The van der Waals surface area contributed by atoms with Crippen LogP contribution in [-0.2, 0) is 12.8 Å². The summed E-state index contributed by atoms with van der Waals surface area (Å²) in [5, 5.41) is 3.19. The smallest absolute Gasteiger partial charge is 0.193 e. The summed E-state index contributed by atoms with van der Waals surface area (Å²) in [6, 6.07) is 6.96. The molecule has 2 unspecified atom stereocenters. The molecule has 0 amide bonds. The van der Waals surface area contributed by atoms with Crippen LogP contribution in [0.25, 0.3) is 0 Å². The number of hydrogen-bond acceptors (Lipinski definition) is 1. The molecule has 3 N–H and O–H groups in total. The maximum Gasteiger partial charge on any atom is 0.193 e. The number of aryl methyl sites for hydroxylation is 2. The summed E-state index contributed by atoms with van der Waals surface area (Å²) >= 11 is 0. The molecule has 1 fully saturated rings. The van der Waals surface area contributed by atoms with E-state index >= 15 is 0 Å². The topological polar surface area (TPSA) is 50.4 Å². The fourth-order valence-corrected chi connectivity index (χ4v) is 2.49. The number of rotatable bonds is 2. The molecule has 0 aliphatic heterocycles. The normalized spacial score (nSPS) is 26.8. The Balaban J connectivity index is 1.70. The highest BCUT2D eigenvalue weighted by atomic mass is 15.1. The van der Waals surface area contributed by atoms with Gasteiger partial charge in [0, 0.05) is 5.69 Å². The van der Waals surface area contributed by atoms with Gasteiger partial charge in [0.15, 0.2) is 5.96 Å². The average Bonchev–Trinajstić information content (AvgIpc) is 2.79. The van der Waals surface area contributed by atoms with Crippen molar-refractivity contribution in [3.8, 4) is 0 Å². The Kier molecular flexibility index (Phi) is 2.54. The van der Waals surface area contributed by atoms with Crippen molar-refractivity contribution in [2.24, 2.45) is 16.6 Å². The van der Waals surface area contributed by atoms with Crippen molar-refractivity contribution in [2.45, 2.75) is 38.6 Å². The van der Waals surface area contributed by atoms with Gasteiger partial charge in [-0.1, -0.05) is 13.0 Å². The Morgan fingerprint density at radius 1 is 1.35 bits per heavy atom. The van der Waals surface area contributed by atoms with E-state index in [0.29, 0.717) is 17.9 Å². The van der Waals surface area contributed by atoms with Crippen LogP contribution >= 0.6 is 0 Å². The van der Waals surface area contributed by atoms with Gasteiger partial charge < -0.3 is 11.1 Å². The van der Waals surface area contributed by atoms with E-state index in [1.807, 2.05) is 0 Å². The SMILES string of the molecule is CC1CC1N=C(N)Nc1ccc2c(c1)CCC2. The van der Waals surface area contributed by atoms with Gasteiger partial charge in [-0.15, -0.1) is 0 Å². The monoisotopic (exact) mass is 229 g/mol. The molecule has 0 saturated heterocycles. The summed E-state index contributed by atoms with van der Waals surface area (Å²) in [4.78, 5) is 4.44. The third-order valence-corrected chi connectivity index (χ3v) is 3.74. The van der Waals surface area contributed by atoms with E-state index in [1.54, 1.807) is 0 Å². The molecule has 1 aromatic rings. The van der Waals surface area contributed by atoms with Gasteiger partial charge >= 0.3 is 0 Å². The first-order valence-electron chi connectivity index (χ1n) is 6.44. The van der Waals surface area contributed by atoms with Gasteiger partial charge in [0.05, 0.1) is 6.04 Å². The highest BCUT2D eigenvalue weighted by Gasteiger charge is 2.32. The van der Waals surface area contributed by atoms with Crippen molar-refractivity contribution in [2.75, 3.05) is 5.32 Å². The van der Waals surface area contributed by atoms with Crippen LogP contribution in [0.2, 0.25) is 0 Å². The fourth-order valence-electron chi connectivity index (χ4n) is 2.49. The van der Waals surface area contributed by atoms with Crippen molar-refractivity contribution in [1.29, 1.82) is 0 Å². The summed E-state index contributed by atoms with van der Waals surface area (Å²) in [7, 11) is 0. The van der Waals surface area contributed by atoms with Crippen LogP contribution in [0, 0.1) is 5.92 Å². The van der Waals surface area contributed by atoms with Crippen LogP contribution in [0.3, 0.4) is 0 Å². The summed E-state index contributed by atoms with van der Waals surface area (Å²) in [5.74, 6) is 1.26. The molecule has 0 aromatic heterocycles. The van der Waals surface area contributed by atoms with Crippen molar-refractivity contribution < 1.29 is 0 Å². The van der Waals surface area contributed by atoms with E-state index in [1.165, 1.54) is 36.8 Å². The largest absolute Gasteiger partial charge is 0.370 e. The molecule has 0 heterocycles. The zero-order valence-corrected chi connectivity index (χ0v) is 10.2. The van der Waals surface area contributed by atoms with Crippen LogP contribution in [0.4, 0.5) is 5.69 Å². The molecule has 2 atom stereocenters. The quantitative estimate of drug-likeness (QED) is 0.604. The van der Waals surface area contributed by atoms with Gasteiger partial charge in [-0.2, -0.15) is 0 Å². The number of guanidine groups is 1. The lowest BCUT2D eigenvalue weighted by molar-refractivity contribution is 0.893. The third-order valence-electron chi connectivity index (χ3n) is 3.74. The lowest BCUT2D eigenvalue weighted by Crippen LogP contribution is -2.23. The van der Waals surface area contributed by atoms with Crippen LogP contribution < -0.4 is 11.1 Å². The first kappa shape index (κ1) is 10.6. The highest BCUT2D eigenvalue weighted by molar-refractivity contribution is 5.92. The lowest BCUT2D eigenvalue weighted by Gasteiger charge is -2.07. The molecule has 0 spiro atoms. The average molecular weight is 229 g/mol. The van der Waals surface area contributed by atoms with Gasteiger partial charge in [-0.25, -0.2) is 4.99 Å². The molecule has 2 aliphatic rings. The lowest BCUT2D eigenvalue weighted by atomic mass is 10.1. The Hall–Kier alpha value is -1.51. The molecule has 17 heavy (non-hydrogen) atoms. The van der Waals surface area contributed by atoms with E-state index in [-0.39, 0.29) is 0 Å². The summed E-state index contributed by atoms with van der Waals surface area (Å²) in [5.41, 5.74) is 9.91. The first-order chi connectivity index (χ1) is 8.22. The maximum atomic E-state index is 5.89. The molecule has 0 radical (unpaired) electrons. The minimum atomic E-state index is 0.442. The highest BCUT2D eigenvalue weighted by Crippen LogP contribution is 2.32. The second-order valence-corrected chi connectivity index (χ2v) is 5.26. The third kappa shape index (κ3) is 2.28. The van der Waals surface area contributed by atoms with Gasteiger partial charge in [0.1, 0.15) is 0 Å². The molecular formula is C14H19N3. The maximum absolute atomic E-state index is 5.89. The van der Waals surface area contributed by atoms with E-state index in [9.17, 15) is 0 Å². The number of nitrogens with one attached hydrogen (secondary N) is 1. The fraction of sp³-hybridized carbons (Fsp3) is 0.500. The number of benzene rings is 1. The number of nitrogens with two attached hydrogens (primary N) is 1. The van der Waals surface area contributed by atoms with Gasteiger partial charge in [-0.3, -0.25) is 0 Å². The minimum absolute atomic E-state index is 0.442. The van der Waals surface area contributed by atoms with Gasteiger partial charge in [0.2, 0.25) is 0 Å². The zero-order valence-electron chi connectivity index (χ0n) is 10.2. The Bertz CT molecular complexity index is 465. The molecule has 0 bridgehead atoms. The predicted molar refractivity (Wildman–Crippen MR) is 71.3 cm³/mol. The van der Waals surface area contributed by atoms with Crippen LogP contribution in [-0.4, -0.2) is 12.0 Å². The van der Waals surface area contributed by atoms with Crippen molar-refractivity contribution in [3.05, 3.63) is 29.3 Å². The molecule has 3 heteroatoms. The molecule has 3 nitrogen and oxygen atoms in total. The summed E-state index contributed by atoms with van der Waals surface area (Å²) in [6.45, 7) is 2.21. The summed E-state index contributed by atoms with van der Waals surface area (Å²) < 4.78 is 0. The van der Waals surface area contributed by atoms with E-state index in [0.717, 1.165) is 5.69 Å². The first-order valence-corrected chi connectivity index (χ1v) is 6.44. The molecule has 1 saturated carbocycles. The van der Waals surface area contributed by atoms with Crippen molar-refractivity contribution in [1.82, 2.24) is 0 Å².